The minimum atomic E-state index is -0.310. The average molecular weight is 327 g/mol. The molecule has 19 heavy (non-hydrogen) atoms. The molecule has 0 saturated carbocycles. The van der Waals surface area contributed by atoms with Crippen molar-refractivity contribution in [3.8, 4) is 0 Å². The van der Waals surface area contributed by atoms with Crippen LogP contribution >= 0.6 is 15.9 Å². The van der Waals surface area contributed by atoms with Gasteiger partial charge in [-0.1, -0.05) is 0 Å². The first-order valence-electron chi connectivity index (χ1n) is 6.11. The van der Waals surface area contributed by atoms with Gasteiger partial charge in [-0.05, 0) is 34.8 Å². The van der Waals surface area contributed by atoms with Crippen LogP contribution in [-0.2, 0) is 6.54 Å². The molecule has 0 saturated heterocycles. The maximum atomic E-state index is 13.4. The van der Waals surface area contributed by atoms with Crippen LogP contribution in [0, 0.1) is 5.82 Å². The first kappa shape index (κ1) is 13.9. The number of benzene rings is 1. The number of nitrogens with two attached hydrogens (primary N) is 1. The summed E-state index contributed by atoms with van der Waals surface area (Å²) in [5.41, 5.74) is 7.00. The summed E-state index contributed by atoms with van der Waals surface area (Å²) in [6.45, 7) is 1.70. The molecule has 0 spiro atoms. The highest BCUT2D eigenvalue weighted by Gasteiger charge is 2.05. The van der Waals surface area contributed by atoms with Crippen molar-refractivity contribution in [1.82, 2.24) is 9.55 Å². The number of aryl methyl sites for hydroxylation is 1. The fraction of sp³-hybridized carbons (Fsp3) is 0.308. The molecule has 0 atom stereocenters. The Hall–Kier alpha value is -1.56. The third-order valence-corrected chi connectivity index (χ3v) is 3.42. The second kappa shape index (κ2) is 6.56. The molecule has 4 nitrogen and oxygen atoms in total. The van der Waals surface area contributed by atoms with Crippen molar-refractivity contribution in [1.29, 1.82) is 0 Å². The van der Waals surface area contributed by atoms with Gasteiger partial charge in [-0.3, -0.25) is 0 Å². The van der Waals surface area contributed by atoms with Crippen LogP contribution in [0.2, 0.25) is 0 Å². The molecule has 1 aromatic heterocycles. The second-order valence-corrected chi connectivity index (χ2v) is 5.14. The lowest BCUT2D eigenvalue weighted by Crippen LogP contribution is -2.06. The Morgan fingerprint density at radius 3 is 2.95 bits per heavy atom. The van der Waals surface area contributed by atoms with E-state index in [1.165, 1.54) is 6.07 Å². The number of nitrogen functional groups attached to an aromatic ring is 1. The Kier molecular flexibility index (Phi) is 4.79. The summed E-state index contributed by atoms with van der Waals surface area (Å²) >= 11 is 3.10. The number of hydrogen-bond donors (Lipinski definition) is 2. The number of nitrogens with zero attached hydrogens (tertiary/aromatic N) is 2. The van der Waals surface area contributed by atoms with Crippen LogP contribution in [0.3, 0.4) is 0 Å². The van der Waals surface area contributed by atoms with E-state index in [1.54, 1.807) is 18.6 Å². The van der Waals surface area contributed by atoms with Gasteiger partial charge in [-0.15, -0.1) is 0 Å². The van der Waals surface area contributed by atoms with Crippen LogP contribution in [0.25, 0.3) is 0 Å². The maximum Gasteiger partial charge on any atom is 0.139 e. The van der Waals surface area contributed by atoms with Crippen molar-refractivity contribution in [3.63, 3.8) is 0 Å². The third-order valence-electron chi connectivity index (χ3n) is 2.81. The van der Waals surface area contributed by atoms with Gasteiger partial charge in [0.1, 0.15) is 5.82 Å². The topological polar surface area (TPSA) is 55.9 Å². The molecule has 0 radical (unpaired) electrons. The largest absolute Gasteiger partial charge is 0.397 e. The summed E-state index contributed by atoms with van der Waals surface area (Å²) in [5, 5.41) is 3.15. The minimum Gasteiger partial charge on any atom is -0.397 e. The molecule has 0 aliphatic carbocycles. The molecule has 0 bridgehead atoms. The Morgan fingerprint density at radius 2 is 2.21 bits per heavy atom. The van der Waals surface area contributed by atoms with E-state index in [1.807, 2.05) is 10.8 Å². The number of aromatic nitrogens is 2. The summed E-state index contributed by atoms with van der Waals surface area (Å²) in [6, 6.07) is 2.98. The van der Waals surface area contributed by atoms with E-state index in [4.69, 9.17) is 5.73 Å². The molecule has 3 N–H and O–H groups in total. The van der Waals surface area contributed by atoms with Gasteiger partial charge >= 0.3 is 0 Å². The fourth-order valence-corrected chi connectivity index (χ4v) is 2.14. The molecule has 0 fully saturated rings. The number of nitrogens with one attached hydrogen (secondary N) is 1. The highest BCUT2D eigenvalue weighted by molar-refractivity contribution is 9.10. The molecule has 0 aliphatic heterocycles. The van der Waals surface area contributed by atoms with Crippen molar-refractivity contribution >= 4 is 27.3 Å². The van der Waals surface area contributed by atoms with Crippen molar-refractivity contribution in [2.24, 2.45) is 0 Å². The van der Waals surface area contributed by atoms with E-state index in [2.05, 4.69) is 26.2 Å². The van der Waals surface area contributed by atoms with E-state index in [0.29, 0.717) is 15.8 Å². The van der Waals surface area contributed by atoms with Crippen LogP contribution in [0.1, 0.15) is 12.8 Å². The molecule has 102 valence electrons. The first-order valence-corrected chi connectivity index (χ1v) is 6.90. The van der Waals surface area contributed by atoms with Crippen molar-refractivity contribution < 1.29 is 4.39 Å². The smallest absolute Gasteiger partial charge is 0.139 e. The Labute approximate surface area is 120 Å². The maximum absolute atomic E-state index is 13.4. The zero-order valence-electron chi connectivity index (χ0n) is 10.4. The lowest BCUT2D eigenvalue weighted by Gasteiger charge is -2.10. The predicted molar refractivity (Wildman–Crippen MR) is 78.5 cm³/mol. The SMILES string of the molecule is Nc1cc(Br)c(F)cc1NCCCCn1ccnc1. The summed E-state index contributed by atoms with van der Waals surface area (Å²) in [5.74, 6) is -0.310. The van der Waals surface area contributed by atoms with E-state index in [0.717, 1.165) is 25.9 Å². The monoisotopic (exact) mass is 326 g/mol. The van der Waals surface area contributed by atoms with Gasteiger partial charge in [-0.2, -0.15) is 0 Å². The second-order valence-electron chi connectivity index (χ2n) is 4.29. The molecular formula is C13H16BrFN4. The molecule has 0 amide bonds. The van der Waals surface area contributed by atoms with Crippen LogP contribution < -0.4 is 11.1 Å². The summed E-state index contributed by atoms with van der Waals surface area (Å²) < 4.78 is 15.8. The van der Waals surface area contributed by atoms with Crippen LogP contribution in [-0.4, -0.2) is 16.1 Å². The Balaban J connectivity index is 1.75. The molecule has 2 aromatic rings. The molecular weight excluding hydrogens is 311 g/mol. The average Bonchev–Trinajstić information content (AvgIpc) is 2.88. The highest BCUT2D eigenvalue weighted by atomic mass is 79.9. The number of unbranched alkanes of at least 4 members (excludes halogenated alkanes) is 1. The van der Waals surface area contributed by atoms with Gasteiger partial charge in [0.2, 0.25) is 0 Å². The standard InChI is InChI=1S/C13H16BrFN4/c14-10-7-12(16)13(8-11(10)15)18-3-1-2-5-19-6-4-17-9-19/h4,6-9,18H,1-3,5,16H2. The molecule has 6 heteroatoms. The van der Waals surface area contributed by atoms with E-state index in [-0.39, 0.29) is 5.82 Å². The number of imidazole rings is 1. The van der Waals surface area contributed by atoms with Gasteiger partial charge in [0, 0.05) is 31.5 Å². The van der Waals surface area contributed by atoms with Crippen LogP contribution in [0.4, 0.5) is 15.8 Å². The lowest BCUT2D eigenvalue weighted by molar-refractivity contribution is 0.617. The Morgan fingerprint density at radius 1 is 1.37 bits per heavy atom. The van der Waals surface area contributed by atoms with Crippen molar-refractivity contribution in [2.75, 3.05) is 17.6 Å². The Bertz CT molecular complexity index is 528. The number of rotatable bonds is 6. The van der Waals surface area contributed by atoms with E-state index < -0.39 is 0 Å². The quantitative estimate of drug-likeness (QED) is 0.632. The molecule has 0 unspecified atom stereocenters. The van der Waals surface area contributed by atoms with Gasteiger partial charge in [0.25, 0.3) is 0 Å². The highest BCUT2D eigenvalue weighted by Crippen LogP contribution is 2.26. The van der Waals surface area contributed by atoms with Crippen LogP contribution in [0.15, 0.2) is 35.3 Å². The normalized spacial score (nSPS) is 10.6. The molecule has 0 aliphatic rings. The number of hydrogen-bond acceptors (Lipinski definition) is 3. The van der Waals surface area contributed by atoms with Gasteiger partial charge in [0.05, 0.1) is 22.2 Å². The van der Waals surface area contributed by atoms with Crippen molar-refractivity contribution in [3.05, 3.63) is 41.1 Å². The van der Waals surface area contributed by atoms with Gasteiger partial charge in [0.15, 0.2) is 0 Å². The fourth-order valence-electron chi connectivity index (χ4n) is 1.78. The van der Waals surface area contributed by atoms with Gasteiger partial charge in [-0.25, -0.2) is 9.37 Å². The zero-order chi connectivity index (χ0) is 13.7. The summed E-state index contributed by atoms with van der Waals surface area (Å²) in [7, 11) is 0. The van der Waals surface area contributed by atoms with Crippen LogP contribution in [0.5, 0.6) is 0 Å². The molecule has 2 rings (SSSR count). The summed E-state index contributed by atoms with van der Waals surface area (Å²) in [6.07, 6.45) is 7.52. The number of anilines is 2. The van der Waals surface area contributed by atoms with Crippen molar-refractivity contribution in [2.45, 2.75) is 19.4 Å². The van der Waals surface area contributed by atoms with Gasteiger partial charge < -0.3 is 15.6 Å². The summed E-state index contributed by atoms with van der Waals surface area (Å²) in [4.78, 5) is 3.98. The first-order chi connectivity index (χ1) is 9.16. The number of halogens is 2. The van der Waals surface area contributed by atoms with E-state index >= 15 is 0 Å². The molecule has 1 heterocycles. The zero-order valence-corrected chi connectivity index (χ0v) is 12.0. The minimum absolute atomic E-state index is 0.310. The van der Waals surface area contributed by atoms with E-state index in [9.17, 15) is 4.39 Å². The predicted octanol–water partition coefficient (Wildman–Crippen LogP) is 3.26. The third kappa shape index (κ3) is 3.96. The lowest BCUT2D eigenvalue weighted by atomic mass is 10.2. The molecule has 1 aromatic carbocycles.